The van der Waals surface area contributed by atoms with Gasteiger partial charge in [-0.05, 0) is 44.6 Å². The lowest BCUT2D eigenvalue weighted by Crippen LogP contribution is -2.40. The van der Waals surface area contributed by atoms with Crippen molar-refractivity contribution in [1.82, 2.24) is 15.1 Å². The zero-order valence-corrected chi connectivity index (χ0v) is 20.5. The first-order valence-corrected chi connectivity index (χ1v) is 9.92. The molecular weight excluding hydrogens is 483 g/mol. The van der Waals surface area contributed by atoms with Crippen LogP contribution in [-0.4, -0.2) is 75.7 Å². The molecule has 29 heavy (non-hydrogen) atoms. The van der Waals surface area contributed by atoms with Gasteiger partial charge in [-0.1, -0.05) is 19.1 Å². The van der Waals surface area contributed by atoms with Crippen molar-refractivity contribution in [1.29, 1.82) is 0 Å². The summed E-state index contributed by atoms with van der Waals surface area (Å²) >= 11 is 0. The van der Waals surface area contributed by atoms with E-state index in [9.17, 15) is 4.79 Å². The van der Waals surface area contributed by atoms with Crippen LogP contribution in [0.1, 0.15) is 19.4 Å². The van der Waals surface area contributed by atoms with Crippen LogP contribution in [0.15, 0.2) is 29.3 Å². The summed E-state index contributed by atoms with van der Waals surface area (Å²) in [5.74, 6) is 1.68. The summed E-state index contributed by atoms with van der Waals surface area (Å²) in [7, 11) is 5.51. The maximum atomic E-state index is 12.0. The van der Waals surface area contributed by atoms with Gasteiger partial charge < -0.3 is 24.6 Å². The molecule has 164 valence electrons. The van der Waals surface area contributed by atoms with Gasteiger partial charge >= 0.3 is 5.97 Å². The number of hydrogen-bond acceptors (Lipinski definition) is 5. The van der Waals surface area contributed by atoms with Gasteiger partial charge in [-0.15, -0.1) is 24.0 Å². The van der Waals surface area contributed by atoms with Crippen LogP contribution in [-0.2, 0) is 16.1 Å². The Morgan fingerprint density at radius 2 is 2.10 bits per heavy atom. The molecule has 0 spiro atoms. The molecule has 1 heterocycles. The number of nitrogens with zero attached hydrogens (tertiary/aromatic N) is 3. The van der Waals surface area contributed by atoms with Gasteiger partial charge in [-0.2, -0.15) is 0 Å². The van der Waals surface area contributed by atoms with Gasteiger partial charge in [0.2, 0.25) is 0 Å². The number of hydrogen-bond donors (Lipinski definition) is 1. The number of aliphatic imine (C=N–C) groups is 1. The van der Waals surface area contributed by atoms with E-state index < -0.39 is 0 Å². The average Bonchev–Trinajstić information content (AvgIpc) is 3.06. The van der Waals surface area contributed by atoms with Crippen LogP contribution < -0.4 is 10.1 Å². The maximum absolute atomic E-state index is 12.0. The highest BCUT2D eigenvalue weighted by Gasteiger charge is 2.36. The number of guanidine groups is 1. The molecule has 0 radical (unpaired) electrons. The van der Waals surface area contributed by atoms with Crippen LogP contribution in [0.2, 0.25) is 0 Å². The Hall–Kier alpha value is -1.55. The molecule has 7 nitrogen and oxygen atoms in total. The van der Waals surface area contributed by atoms with Crippen molar-refractivity contribution in [2.75, 3.05) is 54.0 Å². The van der Waals surface area contributed by atoms with E-state index >= 15 is 0 Å². The summed E-state index contributed by atoms with van der Waals surface area (Å²) in [5, 5.41) is 3.34. The number of halogens is 1. The second-order valence-corrected chi connectivity index (χ2v) is 7.48. The second kappa shape index (κ2) is 12.9. The molecule has 0 bridgehead atoms. The van der Waals surface area contributed by atoms with E-state index in [4.69, 9.17) is 14.5 Å². The molecule has 0 aliphatic carbocycles. The molecule has 2 atom stereocenters. The summed E-state index contributed by atoms with van der Waals surface area (Å²) < 4.78 is 10.8. The van der Waals surface area contributed by atoms with Gasteiger partial charge in [0, 0.05) is 26.2 Å². The van der Waals surface area contributed by atoms with Crippen LogP contribution in [0.25, 0.3) is 0 Å². The number of nitrogens with one attached hydrogen (secondary N) is 1. The number of likely N-dealkylation sites (tertiary alicyclic amines) is 1. The Morgan fingerprint density at radius 3 is 2.76 bits per heavy atom. The Bertz CT molecular complexity index is 669. The normalized spacial score (nSPS) is 19.1. The van der Waals surface area contributed by atoms with E-state index in [1.54, 1.807) is 0 Å². The zero-order chi connectivity index (χ0) is 20.5. The summed E-state index contributed by atoms with van der Waals surface area (Å²) in [6.07, 6.45) is 0. The SMILES string of the molecule is CCNC(=NCc1cccc(OCCN(C)C)c1)N1CC(C)C(C(=O)OC)C1.I. The van der Waals surface area contributed by atoms with E-state index in [2.05, 4.69) is 28.1 Å². The standard InChI is InChI=1S/C21H34N4O3.HI/c1-6-22-21(25-14-16(2)19(15-25)20(26)27-5)23-13-17-8-7-9-18(12-17)28-11-10-24(3)4;/h7-9,12,16,19H,6,10-11,13-15H2,1-5H3,(H,22,23);1H. The first kappa shape index (κ1) is 25.5. The fourth-order valence-electron chi connectivity index (χ4n) is 3.27. The molecule has 2 unspecified atom stereocenters. The van der Waals surface area contributed by atoms with Crippen molar-refractivity contribution in [3.63, 3.8) is 0 Å². The third-order valence-electron chi connectivity index (χ3n) is 4.87. The Morgan fingerprint density at radius 1 is 1.34 bits per heavy atom. The number of carbonyl (C=O) groups is 1. The van der Waals surface area contributed by atoms with Gasteiger partial charge in [0.25, 0.3) is 0 Å². The highest BCUT2D eigenvalue weighted by molar-refractivity contribution is 14.0. The minimum atomic E-state index is -0.145. The number of esters is 1. The van der Waals surface area contributed by atoms with Crippen molar-refractivity contribution < 1.29 is 14.3 Å². The van der Waals surface area contributed by atoms with Gasteiger partial charge in [0.15, 0.2) is 5.96 Å². The molecule has 1 aromatic carbocycles. The quantitative estimate of drug-likeness (QED) is 0.247. The van der Waals surface area contributed by atoms with E-state index in [1.165, 1.54) is 7.11 Å². The minimum Gasteiger partial charge on any atom is -0.492 e. The highest BCUT2D eigenvalue weighted by Crippen LogP contribution is 2.24. The van der Waals surface area contributed by atoms with Crippen molar-refractivity contribution in [3.05, 3.63) is 29.8 Å². The van der Waals surface area contributed by atoms with Crippen LogP contribution in [0.3, 0.4) is 0 Å². The first-order valence-electron chi connectivity index (χ1n) is 9.92. The van der Waals surface area contributed by atoms with E-state index in [0.717, 1.165) is 36.9 Å². The Labute approximate surface area is 191 Å². The number of rotatable bonds is 8. The van der Waals surface area contributed by atoms with Gasteiger partial charge in [-0.3, -0.25) is 4.79 Å². The zero-order valence-electron chi connectivity index (χ0n) is 18.2. The van der Waals surface area contributed by atoms with Gasteiger partial charge in [0.05, 0.1) is 19.6 Å². The summed E-state index contributed by atoms with van der Waals surface area (Å²) in [4.78, 5) is 21.0. The number of carbonyl (C=O) groups excluding carboxylic acids is 1. The molecular formula is C21H35IN4O3. The van der Waals surface area contributed by atoms with Crippen molar-refractivity contribution >= 4 is 35.9 Å². The highest BCUT2D eigenvalue weighted by atomic mass is 127. The first-order chi connectivity index (χ1) is 13.4. The molecule has 0 aromatic heterocycles. The van der Waals surface area contributed by atoms with Gasteiger partial charge in [0.1, 0.15) is 12.4 Å². The molecule has 0 saturated carbocycles. The van der Waals surface area contributed by atoms with Gasteiger partial charge in [-0.25, -0.2) is 4.99 Å². The van der Waals surface area contributed by atoms with Crippen molar-refractivity contribution in [3.8, 4) is 5.75 Å². The lowest BCUT2D eigenvalue weighted by Gasteiger charge is -2.21. The molecule has 1 aliphatic rings. The molecule has 1 aromatic rings. The van der Waals surface area contributed by atoms with Crippen LogP contribution in [0, 0.1) is 11.8 Å². The number of likely N-dealkylation sites (N-methyl/N-ethyl adjacent to an activating group) is 1. The smallest absolute Gasteiger partial charge is 0.310 e. The van der Waals surface area contributed by atoms with Crippen molar-refractivity contribution in [2.24, 2.45) is 16.8 Å². The van der Waals surface area contributed by atoms with Crippen molar-refractivity contribution in [2.45, 2.75) is 20.4 Å². The Kier molecular flexibility index (Phi) is 11.3. The average molecular weight is 518 g/mol. The molecule has 0 amide bonds. The molecule has 1 fully saturated rings. The second-order valence-electron chi connectivity index (χ2n) is 7.48. The summed E-state index contributed by atoms with van der Waals surface area (Å²) in [6.45, 7) is 8.42. The molecule has 1 N–H and O–H groups in total. The largest absolute Gasteiger partial charge is 0.492 e. The number of ether oxygens (including phenoxy) is 2. The minimum absolute atomic E-state index is 0. The van der Waals surface area contributed by atoms with E-state index in [-0.39, 0.29) is 41.8 Å². The van der Waals surface area contributed by atoms with E-state index in [1.807, 2.05) is 39.2 Å². The summed E-state index contributed by atoms with van der Waals surface area (Å²) in [6, 6.07) is 8.05. The monoisotopic (exact) mass is 518 g/mol. The predicted octanol–water partition coefficient (Wildman–Crippen LogP) is 2.45. The van der Waals surface area contributed by atoms with E-state index in [0.29, 0.717) is 19.7 Å². The molecule has 2 rings (SSSR count). The topological polar surface area (TPSA) is 66.4 Å². The lowest BCUT2D eigenvalue weighted by molar-refractivity contribution is -0.145. The molecule has 1 saturated heterocycles. The van der Waals surface area contributed by atoms with Crippen LogP contribution in [0.5, 0.6) is 5.75 Å². The maximum Gasteiger partial charge on any atom is 0.310 e. The van der Waals surface area contributed by atoms with Crippen LogP contribution in [0.4, 0.5) is 0 Å². The number of methoxy groups -OCH3 is 1. The molecule has 1 aliphatic heterocycles. The predicted molar refractivity (Wildman–Crippen MR) is 127 cm³/mol. The molecule has 8 heteroatoms. The fraction of sp³-hybridized carbons (Fsp3) is 0.619. The third-order valence-corrected chi connectivity index (χ3v) is 4.87. The third kappa shape index (κ3) is 8.00. The Balaban J connectivity index is 0.00000420. The summed E-state index contributed by atoms with van der Waals surface area (Å²) in [5.41, 5.74) is 1.09. The fourth-order valence-corrected chi connectivity index (χ4v) is 3.27. The lowest BCUT2D eigenvalue weighted by atomic mass is 9.99. The van der Waals surface area contributed by atoms with Crippen LogP contribution >= 0.6 is 24.0 Å². The number of benzene rings is 1.